The van der Waals surface area contributed by atoms with Crippen LogP contribution in [0.15, 0.2) is 12.1 Å². The first kappa shape index (κ1) is 13.9. The fraction of sp³-hybridized carbons (Fsp3) is 0.636. The van der Waals surface area contributed by atoms with Crippen molar-refractivity contribution in [3.8, 4) is 0 Å². The maximum Gasteiger partial charge on any atom is 0.0931 e. The Hall–Kier alpha value is -0.130. The van der Waals surface area contributed by atoms with Gasteiger partial charge in [-0.05, 0) is 19.2 Å². The summed E-state index contributed by atoms with van der Waals surface area (Å²) >= 11 is 7.41. The van der Waals surface area contributed by atoms with Crippen molar-refractivity contribution in [1.82, 2.24) is 4.90 Å². The van der Waals surface area contributed by atoms with Gasteiger partial charge in [0.15, 0.2) is 0 Å². The SMILES string of the molecule is CN(Cc1ccc(Cl)s1)CC(C)(CO)CO. The predicted molar refractivity (Wildman–Crippen MR) is 67.9 cm³/mol. The van der Waals surface area contributed by atoms with Gasteiger partial charge in [0.25, 0.3) is 0 Å². The molecule has 0 unspecified atom stereocenters. The fourth-order valence-electron chi connectivity index (χ4n) is 1.56. The summed E-state index contributed by atoms with van der Waals surface area (Å²) in [5, 5.41) is 18.4. The minimum Gasteiger partial charge on any atom is -0.396 e. The average molecular weight is 264 g/mol. The van der Waals surface area contributed by atoms with Gasteiger partial charge in [-0.2, -0.15) is 0 Å². The molecule has 0 atom stereocenters. The minimum atomic E-state index is -0.449. The van der Waals surface area contributed by atoms with Crippen molar-refractivity contribution in [1.29, 1.82) is 0 Å². The molecule has 0 saturated carbocycles. The normalized spacial score (nSPS) is 12.4. The van der Waals surface area contributed by atoms with Gasteiger partial charge in [-0.1, -0.05) is 18.5 Å². The van der Waals surface area contributed by atoms with E-state index in [4.69, 9.17) is 11.6 Å². The number of rotatable bonds is 6. The van der Waals surface area contributed by atoms with Crippen LogP contribution in [0, 0.1) is 5.41 Å². The predicted octanol–water partition coefficient (Wildman–Crippen LogP) is 1.82. The van der Waals surface area contributed by atoms with Gasteiger partial charge in [-0.15, -0.1) is 11.3 Å². The maximum atomic E-state index is 9.20. The molecule has 92 valence electrons. The Morgan fingerprint density at radius 2 is 2.00 bits per heavy atom. The Labute approximate surface area is 105 Å². The molecule has 5 heteroatoms. The van der Waals surface area contributed by atoms with E-state index < -0.39 is 5.41 Å². The molecule has 0 aliphatic heterocycles. The molecule has 0 fully saturated rings. The molecule has 16 heavy (non-hydrogen) atoms. The second-order valence-electron chi connectivity index (χ2n) is 4.50. The number of hydrogen-bond donors (Lipinski definition) is 2. The van der Waals surface area contributed by atoms with E-state index in [1.54, 1.807) is 11.3 Å². The molecule has 1 aromatic heterocycles. The van der Waals surface area contributed by atoms with E-state index >= 15 is 0 Å². The quantitative estimate of drug-likeness (QED) is 0.823. The molecule has 2 N–H and O–H groups in total. The van der Waals surface area contributed by atoms with Crippen LogP contribution in [0.2, 0.25) is 4.34 Å². The van der Waals surface area contributed by atoms with Gasteiger partial charge < -0.3 is 15.1 Å². The third kappa shape index (κ3) is 4.03. The lowest BCUT2D eigenvalue weighted by molar-refractivity contribution is 0.0404. The third-order valence-corrected chi connectivity index (χ3v) is 3.69. The summed E-state index contributed by atoms with van der Waals surface area (Å²) in [5.41, 5.74) is -0.449. The molecular formula is C11H18ClNO2S. The summed E-state index contributed by atoms with van der Waals surface area (Å²) in [4.78, 5) is 3.26. The lowest BCUT2D eigenvalue weighted by Gasteiger charge is -2.30. The summed E-state index contributed by atoms with van der Waals surface area (Å²) in [5.74, 6) is 0. The Kier molecular flexibility index (Phi) is 5.21. The monoisotopic (exact) mass is 263 g/mol. The molecular weight excluding hydrogens is 246 g/mol. The van der Waals surface area contributed by atoms with Gasteiger partial charge >= 0.3 is 0 Å². The highest BCUT2D eigenvalue weighted by atomic mass is 35.5. The molecule has 1 heterocycles. The standard InChI is InChI=1S/C11H18ClNO2S/c1-11(7-14,8-15)6-13(2)5-9-3-4-10(12)16-9/h3-4,14-15H,5-8H2,1-2H3. The van der Waals surface area contributed by atoms with Gasteiger partial charge in [0, 0.05) is 23.4 Å². The summed E-state index contributed by atoms with van der Waals surface area (Å²) in [6, 6.07) is 3.88. The van der Waals surface area contributed by atoms with Crippen LogP contribution in [0.4, 0.5) is 0 Å². The first-order valence-corrected chi connectivity index (χ1v) is 6.33. The van der Waals surface area contributed by atoms with Crippen molar-refractivity contribution < 1.29 is 10.2 Å². The van der Waals surface area contributed by atoms with Crippen molar-refractivity contribution in [2.75, 3.05) is 26.8 Å². The van der Waals surface area contributed by atoms with Crippen LogP contribution in [0.25, 0.3) is 0 Å². The molecule has 0 aliphatic rings. The molecule has 3 nitrogen and oxygen atoms in total. The number of halogens is 1. The van der Waals surface area contributed by atoms with E-state index in [1.807, 2.05) is 26.1 Å². The Balaban J connectivity index is 2.50. The molecule has 0 bridgehead atoms. The minimum absolute atomic E-state index is 0.0148. The van der Waals surface area contributed by atoms with Gasteiger partial charge in [0.2, 0.25) is 0 Å². The van der Waals surface area contributed by atoms with Crippen LogP contribution in [-0.4, -0.2) is 41.9 Å². The maximum absolute atomic E-state index is 9.20. The highest BCUT2D eigenvalue weighted by molar-refractivity contribution is 7.16. The van der Waals surface area contributed by atoms with Crippen LogP contribution >= 0.6 is 22.9 Å². The molecule has 1 rings (SSSR count). The smallest absolute Gasteiger partial charge is 0.0931 e. The Morgan fingerprint density at radius 1 is 1.38 bits per heavy atom. The Morgan fingerprint density at radius 3 is 2.44 bits per heavy atom. The van der Waals surface area contributed by atoms with Gasteiger partial charge in [0.05, 0.1) is 17.6 Å². The Bertz CT molecular complexity index is 326. The topological polar surface area (TPSA) is 43.7 Å². The highest BCUT2D eigenvalue weighted by Crippen LogP contribution is 2.23. The second-order valence-corrected chi connectivity index (χ2v) is 6.30. The van der Waals surface area contributed by atoms with E-state index in [0.29, 0.717) is 6.54 Å². The molecule has 0 amide bonds. The van der Waals surface area contributed by atoms with Crippen LogP contribution in [0.3, 0.4) is 0 Å². The first-order valence-electron chi connectivity index (χ1n) is 5.13. The molecule has 0 radical (unpaired) electrons. The van der Waals surface area contributed by atoms with Crippen LogP contribution in [-0.2, 0) is 6.54 Å². The van der Waals surface area contributed by atoms with E-state index in [2.05, 4.69) is 4.90 Å². The van der Waals surface area contributed by atoms with E-state index in [1.165, 1.54) is 4.88 Å². The van der Waals surface area contributed by atoms with E-state index in [-0.39, 0.29) is 13.2 Å². The number of aliphatic hydroxyl groups excluding tert-OH is 2. The first-order chi connectivity index (χ1) is 7.49. The zero-order valence-electron chi connectivity index (χ0n) is 9.61. The van der Waals surface area contributed by atoms with Gasteiger partial charge in [-0.25, -0.2) is 0 Å². The van der Waals surface area contributed by atoms with Crippen molar-refractivity contribution in [3.05, 3.63) is 21.3 Å². The van der Waals surface area contributed by atoms with Crippen molar-refractivity contribution in [2.24, 2.45) is 5.41 Å². The van der Waals surface area contributed by atoms with E-state index in [0.717, 1.165) is 10.9 Å². The average Bonchev–Trinajstić information content (AvgIpc) is 2.63. The summed E-state index contributed by atoms with van der Waals surface area (Å²) in [6.07, 6.45) is 0. The third-order valence-electron chi connectivity index (χ3n) is 2.47. The number of aliphatic hydroxyl groups is 2. The summed E-state index contributed by atoms with van der Waals surface area (Å²) < 4.78 is 0.787. The van der Waals surface area contributed by atoms with Crippen LogP contribution in [0.5, 0.6) is 0 Å². The largest absolute Gasteiger partial charge is 0.396 e. The van der Waals surface area contributed by atoms with Crippen molar-refractivity contribution in [2.45, 2.75) is 13.5 Å². The zero-order chi connectivity index (χ0) is 12.2. The molecule has 0 aromatic carbocycles. The van der Waals surface area contributed by atoms with Crippen molar-refractivity contribution >= 4 is 22.9 Å². The highest BCUT2D eigenvalue weighted by Gasteiger charge is 2.24. The molecule has 0 saturated heterocycles. The molecule has 0 aliphatic carbocycles. The van der Waals surface area contributed by atoms with Crippen LogP contribution < -0.4 is 0 Å². The number of nitrogens with zero attached hydrogens (tertiary/aromatic N) is 1. The lowest BCUT2D eigenvalue weighted by atomic mass is 9.92. The van der Waals surface area contributed by atoms with Gasteiger partial charge in [-0.3, -0.25) is 0 Å². The van der Waals surface area contributed by atoms with Gasteiger partial charge in [0.1, 0.15) is 0 Å². The number of thiophene rings is 1. The van der Waals surface area contributed by atoms with Crippen LogP contribution in [0.1, 0.15) is 11.8 Å². The van der Waals surface area contributed by atoms with E-state index in [9.17, 15) is 10.2 Å². The second kappa shape index (κ2) is 5.98. The summed E-state index contributed by atoms with van der Waals surface area (Å²) in [7, 11) is 1.97. The zero-order valence-corrected chi connectivity index (χ0v) is 11.2. The van der Waals surface area contributed by atoms with Crippen molar-refractivity contribution in [3.63, 3.8) is 0 Å². The summed E-state index contributed by atoms with van der Waals surface area (Å²) in [6.45, 7) is 3.27. The number of hydrogen-bond acceptors (Lipinski definition) is 4. The molecule has 0 spiro atoms. The lowest BCUT2D eigenvalue weighted by Crippen LogP contribution is -2.38. The molecule has 1 aromatic rings. The fourth-order valence-corrected chi connectivity index (χ4v) is 2.73.